The second-order valence-electron chi connectivity index (χ2n) is 3.08. The molecule has 0 saturated carbocycles. The zero-order valence-corrected chi connectivity index (χ0v) is 7.10. The molecule has 0 aromatic heterocycles. The van der Waals surface area contributed by atoms with E-state index in [9.17, 15) is 4.79 Å². The Balaban J connectivity index is 2.33. The van der Waals surface area contributed by atoms with Gasteiger partial charge in [0.2, 0.25) is 0 Å². The molecule has 2 N–H and O–H groups in total. The van der Waals surface area contributed by atoms with Crippen LogP contribution in [-0.4, -0.2) is 11.6 Å². The van der Waals surface area contributed by atoms with Crippen LogP contribution in [0.2, 0.25) is 0 Å². The number of hydrogen-bond acceptors (Lipinski definition) is 3. The fraction of sp³-hybridized carbons (Fsp3) is 0.200. The molecule has 2 rings (SSSR count). The van der Waals surface area contributed by atoms with Gasteiger partial charge >= 0.3 is 0 Å². The minimum atomic E-state index is -0.360. The van der Waals surface area contributed by atoms with Crippen molar-refractivity contribution in [3.63, 3.8) is 0 Å². The highest BCUT2D eigenvalue weighted by atomic mass is 16.1. The lowest BCUT2D eigenvalue weighted by molar-refractivity contribution is -0.118. The maximum atomic E-state index is 11.4. The van der Waals surface area contributed by atoms with E-state index in [2.05, 4.69) is 4.99 Å². The lowest BCUT2D eigenvalue weighted by Crippen LogP contribution is -2.09. The Morgan fingerprint density at radius 2 is 2.00 bits per heavy atom. The number of nitrogens with zero attached hydrogens (tertiary/aromatic N) is 1. The second-order valence-corrected chi connectivity index (χ2v) is 3.08. The van der Waals surface area contributed by atoms with Crippen molar-refractivity contribution >= 4 is 11.6 Å². The van der Waals surface area contributed by atoms with Gasteiger partial charge in [-0.25, -0.2) is 0 Å². The summed E-state index contributed by atoms with van der Waals surface area (Å²) in [5.74, 6) is 0.530. The zero-order valence-electron chi connectivity index (χ0n) is 7.10. The molecule has 1 aliphatic rings. The van der Waals surface area contributed by atoms with Crippen LogP contribution in [0.25, 0.3) is 0 Å². The van der Waals surface area contributed by atoms with Gasteiger partial charge in [0.05, 0.1) is 6.42 Å². The Bertz CT molecular complexity index is 356. The Morgan fingerprint density at radius 3 is 2.54 bits per heavy atom. The van der Waals surface area contributed by atoms with Crippen molar-refractivity contribution in [2.75, 3.05) is 0 Å². The Morgan fingerprint density at radius 1 is 1.31 bits per heavy atom. The second kappa shape index (κ2) is 3.01. The molecule has 0 fully saturated rings. The number of ketones is 1. The van der Waals surface area contributed by atoms with E-state index in [4.69, 9.17) is 5.73 Å². The van der Waals surface area contributed by atoms with Crippen molar-refractivity contribution in [3.05, 3.63) is 35.9 Å². The fourth-order valence-corrected chi connectivity index (χ4v) is 1.45. The summed E-state index contributed by atoms with van der Waals surface area (Å²) in [5, 5.41) is 0. The summed E-state index contributed by atoms with van der Waals surface area (Å²) < 4.78 is 0. The molecule has 66 valence electrons. The van der Waals surface area contributed by atoms with Crippen LogP contribution < -0.4 is 5.73 Å². The molecule has 1 aliphatic heterocycles. The number of rotatable bonds is 1. The molecule has 1 aromatic carbocycles. The molecule has 0 amide bonds. The van der Waals surface area contributed by atoms with Gasteiger partial charge in [0.1, 0.15) is 11.9 Å². The zero-order chi connectivity index (χ0) is 9.26. The molecule has 0 bridgehead atoms. The van der Waals surface area contributed by atoms with Crippen LogP contribution >= 0.6 is 0 Å². The van der Waals surface area contributed by atoms with Crippen molar-refractivity contribution in [2.45, 2.75) is 12.5 Å². The highest BCUT2D eigenvalue weighted by Gasteiger charge is 2.26. The molecule has 1 unspecified atom stereocenters. The molecule has 0 saturated heterocycles. The molecule has 3 nitrogen and oxygen atoms in total. The first-order chi connectivity index (χ1) is 6.27. The van der Waals surface area contributed by atoms with Gasteiger partial charge in [-0.1, -0.05) is 30.3 Å². The van der Waals surface area contributed by atoms with Crippen molar-refractivity contribution < 1.29 is 4.79 Å². The van der Waals surface area contributed by atoms with Gasteiger partial charge in [-0.2, -0.15) is 0 Å². The SMILES string of the molecule is NC1=NC(c2ccccc2)C(=O)C1. The van der Waals surface area contributed by atoms with Crippen LogP contribution in [0.15, 0.2) is 35.3 Å². The quantitative estimate of drug-likeness (QED) is 0.692. The molecule has 3 heteroatoms. The number of aliphatic imine (C=N–C) groups is 1. The van der Waals surface area contributed by atoms with E-state index in [1.165, 1.54) is 0 Å². The van der Waals surface area contributed by atoms with Crippen LogP contribution in [-0.2, 0) is 4.79 Å². The Hall–Kier alpha value is -1.64. The first kappa shape index (κ1) is 7.98. The summed E-state index contributed by atoms with van der Waals surface area (Å²) >= 11 is 0. The predicted octanol–water partition coefficient (Wildman–Crippen LogP) is 1.06. The molecule has 13 heavy (non-hydrogen) atoms. The van der Waals surface area contributed by atoms with Gasteiger partial charge in [-0.05, 0) is 5.56 Å². The Labute approximate surface area is 76.3 Å². The number of benzene rings is 1. The van der Waals surface area contributed by atoms with Crippen LogP contribution in [0.5, 0.6) is 0 Å². The third-order valence-electron chi connectivity index (χ3n) is 2.07. The van der Waals surface area contributed by atoms with Gasteiger partial charge in [-0.3, -0.25) is 9.79 Å². The van der Waals surface area contributed by atoms with Gasteiger partial charge in [0, 0.05) is 0 Å². The van der Waals surface area contributed by atoms with Crippen LogP contribution in [0.3, 0.4) is 0 Å². The van der Waals surface area contributed by atoms with E-state index in [0.717, 1.165) is 5.56 Å². The molecule has 1 atom stereocenters. The fourth-order valence-electron chi connectivity index (χ4n) is 1.45. The molecule has 1 heterocycles. The topological polar surface area (TPSA) is 55.4 Å². The van der Waals surface area contributed by atoms with Crippen LogP contribution in [0, 0.1) is 0 Å². The molecule has 0 spiro atoms. The summed E-state index contributed by atoms with van der Waals surface area (Å²) in [6, 6.07) is 9.13. The number of Topliss-reactive ketones (excluding diaryl/α,β-unsaturated/α-hetero) is 1. The summed E-state index contributed by atoms with van der Waals surface area (Å²) in [5.41, 5.74) is 6.41. The normalized spacial score (nSPS) is 21.7. The van der Waals surface area contributed by atoms with Crippen LogP contribution in [0.4, 0.5) is 0 Å². The van der Waals surface area contributed by atoms with Gasteiger partial charge < -0.3 is 5.73 Å². The summed E-state index contributed by atoms with van der Waals surface area (Å²) in [6.07, 6.45) is 0.291. The molecular formula is C10H10N2O. The molecular weight excluding hydrogens is 164 g/mol. The summed E-state index contributed by atoms with van der Waals surface area (Å²) in [4.78, 5) is 15.5. The maximum absolute atomic E-state index is 11.4. The number of amidine groups is 1. The van der Waals surface area contributed by atoms with E-state index in [0.29, 0.717) is 12.3 Å². The van der Waals surface area contributed by atoms with E-state index in [1.807, 2.05) is 30.3 Å². The first-order valence-corrected chi connectivity index (χ1v) is 4.17. The minimum Gasteiger partial charge on any atom is -0.387 e. The van der Waals surface area contributed by atoms with E-state index < -0.39 is 0 Å². The molecule has 0 aliphatic carbocycles. The van der Waals surface area contributed by atoms with E-state index in [1.54, 1.807) is 0 Å². The van der Waals surface area contributed by atoms with Crippen molar-refractivity contribution in [1.29, 1.82) is 0 Å². The van der Waals surface area contributed by atoms with Gasteiger partial charge in [0.25, 0.3) is 0 Å². The van der Waals surface area contributed by atoms with E-state index in [-0.39, 0.29) is 11.8 Å². The summed E-state index contributed by atoms with van der Waals surface area (Å²) in [6.45, 7) is 0. The number of nitrogens with two attached hydrogens (primary N) is 1. The standard InChI is InChI=1S/C10H10N2O/c11-9-6-8(13)10(12-9)7-4-2-1-3-5-7/h1-5,10H,6H2,(H2,11,12). The molecule has 1 aromatic rings. The van der Waals surface area contributed by atoms with Crippen molar-refractivity contribution in [1.82, 2.24) is 0 Å². The van der Waals surface area contributed by atoms with E-state index >= 15 is 0 Å². The largest absolute Gasteiger partial charge is 0.387 e. The first-order valence-electron chi connectivity index (χ1n) is 4.17. The highest BCUT2D eigenvalue weighted by molar-refractivity contribution is 6.07. The third-order valence-corrected chi connectivity index (χ3v) is 2.07. The van der Waals surface area contributed by atoms with Gasteiger partial charge in [-0.15, -0.1) is 0 Å². The lowest BCUT2D eigenvalue weighted by Gasteiger charge is -2.03. The van der Waals surface area contributed by atoms with Crippen molar-refractivity contribution in [3.8, 4) is 0 Å². The lowest BCUT2D eigenvalue weighted by atomic mass is 10.0. The highest BCUT2D eigenvalue weighted by Crippen LogP contribution is 2.23. The number of carbonyl (C=O) groups is 1. The van der Waals surface area contributed by atoms with Gasteiger partial charge in [0.15, 0.2) is 5.78 Å². The number of carbonyl (C=O) groups excluding carboxylic acids is 1. The third kappa shape index (κ3) is 1.45. The monoisotopic (exact) mass is 174 g/mol. The maximum Gasteiger partial charge on any atom is 0.169 e. The average Bonchev–Trinajstić information content (AvgIpc) is 2.47. The smallest absolute Gasteiger partial charge is 0.169 e. The van der Waals surface area contributed by atoms with Crippen molar-refractivity contribution in [2.24, 2.45) is 10.7 Å². The Kier molecular flexibility index (Phi) is 1.85. The number of hydrogen-bond donors (Lipinski definition) is 1. The van der Waals surface area contributed by atoms with Crippen LogP contribution in [0.1, 0.15) is 18.0 Å². The predicted molar refractivity (Wildman–Crippen MR) is 50.4 cm³/mol. The average molecular weight is 174 g/mol. The minimum absolute atomic E-state index is 0.0868. The summed E-state index contributed by atoms with van der Waals surface area (Å²) in [7, 11) is 0. The molecule has 0 radical (unpaired) electrons.